The number of aromatic carboxylic acids is 1. The molecule has 0 saturated heterocycles. The maximum absolute atomic E-state index is 13.1. The Balaban J connectivity index is 2.14. The Bertz CT molecular complexity index is 965. The number of carbonyl (C=O) groups is 1. The van der Waals surface area contributed by atoms with Crippen molar-refractivity contribution in [3.63, 3.8) is 0 Å². The van der Waals surface area contributed by atoms with Crippen molar-refractivity contribution in [1.29, 1.82) is 0 Å². The Morgan fingerprint density at radius 1 is 1.29 bits per heavy atom. The van der Waals surface area contributed by atoms with Gasteiger partial charge in [-0.2, -0.15) is 0 Å². The summed E-state index contributed by atoms with van der Waals surface area (Å²) in [7, 11) is 1.47. The number of fused-ring (bicyclic) bond motifs is 1. The summed E-state index contributed by atoms with van der Waals surface area (Å²) in [5, 5.41) is 9.05. The van der Waals surface area contributed by atoms with Crippen LogP contribution in [0.5, 0.6) is 0 Å². The van der Waals surface area contributed by atoms with Crippen molar-refractivity contribution in [2.75, 3.05) is 7.11 Å². The smallest absolute Gasteiger partial charge is 0.342 e. The molecular weight excluding hydrogens is 317 g/mol. The number of ether oxygens (including phenoxy) is 1. The molecule has 2 aromatic heterocycles. The first-order valence-electron chi connectivity index (χ1n) is 6.94. The number of nitrogens with zero attached hydrogens (tertiary/aromatic N) is 1. The summed E-state index contributed by atoms with van der Waals surface area (Å²) in [5.74, 6) is -1.75. The van der Waals surface area contributed by atoms with E-state index in [2.05, 4.69) is 4.98 Å². The lowest BCUT2D eigenvalue weighted by molar-refractivity contribution is 0.0693. The van der Waals surface area contributed by atoms with Crippen LogP contribution in [0.3, 0.4) is 0 Å². The molecule has 1 unspecified atom stereocenters. The first kappa shape index (κ1) is 15.8. The van der Waals surface area contributed by atoms with Crippen molar-refractivity contribution >= 4 is 17.1 Å². The van der Waals surface area contributed by atoms with Gasteiger partial charge in [0, 0.05) is 18.9 Å². The van der Waals surface area contributed by atoms with Crippen LogP contribution < -0.4 is 5.43 Å². The van der Waals surface area contributed by atoms with Gasteiger partial charge in [-0.1, -0.05) is 12.1 Å². The third-order valence-corrected chi connectivity index (χ3v) is 3.59. The van der Waals surface area contributed by atoms with Gasteiger partial charge in [0.15, 0.2) is 0 Å². The third-order valence-electron chi connectivity index (χ3n) is 3.59. The number of aromatic nitrogens is 1. The second kappa shape index (κ2) is 6.21. The first-order chi connectivity index (χ1) is 11.5. The van der Waals surface area contributed by atoms with Gasteiger partial charge in [-0.25, -0.2) is 14.2 Å². The molecular formula is C17H12FNO5. The van der Waals surface area contributed by atoms with Crippen LogP contribution in [-0.2, 0) is 4.74 Å². The highest BCUT2D eigenvalue weighted by atomic mass is 19.1. The summed E-state index contributed by atoms with van der Waals surface area (Å²) in [6, 6.07) is 7.19. The number of rotatable bonds is 4. The van der Waals surface area contributed by atoms with Gasteiger partial charge >= 0.3 is 5.97 Å². The largest absolute Gasteiger partial charge is 0.477 e. The van der Waals surface area contributed by atoms with E-state index in [1.807, 2.05) is 0 Å². The second-order valence-corrected chi connectivity index (χ2v) is 5.07. The van der Waals surface area contributed by atoms with Gasteiger partial charge in [-0.15, -0.1) is 0 Å². The van der Waals surface area contributed by atoms with E-state index in [4.69, 9.17) is 14.3 Å². The van der Waals surface area contributed by atoms with Crippen LogP contribution in [0.15, 0.2) is 52.0 Å². The Labute approximate surface area is 135 Å². The molecule has 1 N–H and O–H groups in total. The van der Waals surface area contributed by atoms with E-state index in [0.29, 0.717) is 11.1 Å². The van der Waals surface area contributed by atoms with Crippen molar-refractivity contribution < 1.29 is 23.4 Å². The van der Waals surface area contributed by atoms with Gasteiger partial charge in [0.2, 0.25) is 11.1 Å². The molecule has 0 spiro atoms. The molecule has 1 aromatic carbocycles. The molecule has 7 heteroatoms. The number of carboxylic acid groups (broad SMARTS) is 1. The number of benzene rings is 1. The molecule has 0 saturated carbocycles. The molecule has 3 aromatic rings. The zero-order valence-corrected chi connectivity index (χ0v) is 12.5. The van der Waals surface area contributed by atoms with Gasteiger partial charge in [-0.3, -0.25) is 4.79 Å². The van der Waals surface area contributed by atoms with Crippen LogP contribution in [0.4, 0.5) is 4.39 Å². The van der Waals surface area contributed by atoms with Crippen LogP contribution in [0, 0.1) is 5.82 Å². The van der Waals surface area contributed by atoms with Gasteiger partial charge in [-0.05, 0) is 23.8 Å². The standard InChI is InChI=1S/C17H12FNO5/c1-23-15(9-2-4-11(18)5-3-9)10-6-12-14(20)13(17(21)22)8-24-16(12)19-7-10/h2-8,15H,1H3,(H,21,22). The number of halogens is 1. The fourth-order valence-corrected chi connectivity index (χ4v) is 2.43. The normalized spacial score (nSPS) is 12.2. The Morgan fingerprint density at radius 3 is 2.62 bits per heavy atom. The maximum atomic E-state index is 13.1. The Hall–Kier alpha value is -3.06. The van der Waals surface area contributed by atoms with Crippen LogP contribution in [0.25, 0.3) is 11.1 Å². The van der Waals surface area contributed by atoms with Crippen molar-refractivity contribution in [2.45, 2.75) is 6.10 Å². The molecule has 0 amide bonds. The zero-order chi connectivity index (χ0) is 17.3. The monoisotopic (exact) mass is 329 g/mol. The third kappa shape index (κ3) is 2.77. The maximum Gasteiger partial charge on any atom is 0.342 e. The molecule has 0 fully saturated rings. The Morgan fingerprint density at radius 2 is 2.00 bits per heavy atom. The van der Waals surface area contributed by atoms with E-state index in [1.165, 1.54) is 31.5 Å². The fraction of sp³-hybridized carbons (Fsp3) is 0.118. The topological polar surface area (TPSA) is 89.6 Å². The lowest BCUT2D eigenvalue weighted by Gasteiger charge is -2.16. The summed E-state index contributed by atoms with van der Waals surface area (Å²) in [6.45, 7) is 0. The van der Waals surface area contributed by atoms with E-state index in [9.17, 15) is 14.0 Å². The zero-order valence-electron chi connectivity index (χ0n) is 12.5. The molecule has 1 atom stereocenters. The minimum absolute atomic E-state index is 0.0303. The molecule has 2 heterocycles. The number of pyridine rings is 1. The number of hydrogen-bond donors (Lipinski definition) is 1. The lowest BCUT2D eigenvalue weighted by atomic mass is 10.0. The Kier molecular flexibility index (Phi) is 4.09. The average Bonchev–Trinajstić information content (AvgIpc) is 2.57. The summed E-state index contributed by atoms with van der Waals surface area (Å²) in [4.78, 5) is 27.3. The van der Waals surface area contributed by atoms with Crippen molar-refractivity contribution in [3.8, 4) is 0 Å². The number of hydrogen-bond acceptors (Lipinski definition) is 5. The highest BCUT2D eigenvalue weighted by Crippen LogP contribution is 2.26. The minimum Gasteiger partial charge on any atom is -0.477 e. The van der Waals surface area contributed by atoms with Crippen LogP contribution in [0.2, 0.25) is 0 Å². The summed E-state index contributed by atoms with van der Waals surface area (Å²) in [5.41, 5.74) is 0.0530. The minimum atomic E-state index is -1.38. The predicted octanol–water partition coefficient (Wildman–Crippen LogP) is 2.76. The summed E-state index contributed by atoms with van der Waals surface area (Å²) >= 11 is 0. The lowest BCUT2D eigenvalue weighted by Crippen LogP contribution is -2.15. The molecule has 0 aliphatic heterocycles. The molecule has 3 rings (SSSR count). The van der Waals surface area contributed by atoms with E-state index in [1.54, 1.807) is 12.1 Å². The molecule has 24 heavy (non-hydrogen) atoms. The van der Waals surface area contributed by atoms with Crippen molar-refractivity contribution in [2.24, 2.45) is 0 Å². The number of carboxylic acids is 1. The fourth-order valence-electron chi connectivity index (χ4n) is 2.43. The van der Waals surface area contributed by atoms with E-state index in [0.717, 1.165) is 6.26 Å². The quantitative estimate of drug-likeness (QED) is 0.791. The van der Waals surface area contributed by atoms with Crippen LogP contribution in [-0.4, -0.2) is 23.2 Å². The van der Waals surface area contributed by atoms with E-state index in [-0.39, 0.29) is 16.9 Å². The first-order valence-corrected chi connectivity index (χ1v) is 6.94. The van der Waals surface area contributed by atoms with Gasteiger partial charge in [0.25, 0.3) is 0 Å². The molecule has 0 aliphatic carbocycles. The van der Waals surface area contributed by atoms with Crippen LogP contribution >= 0.6 is 0 Å². The van der Waals surface area contributed by atoms with Crippen molar-refractivity contribution in [1.82, 2.24) is 4.98 Å². The molecule has 122 valence electrons. The van der Waals surface area contributed by atoms with E-state index >= 15 is 0 Å². The molecule has 0 aliphatic rings. The molecule has 6 nitrogen and oxygen atoms in total. The van der Waals surface area contributed by atoms with Crippen LogP contribution in [0.1, 0.15) is 27.6 Å². The summed E-state index contributed by atoms with van der Waals surface area (Å²) < 4.78 is 23.6. The van der Waals surface area contributed by atoms with Gasteiger partial charge in [0.1, 0.15) is 23.7 Å². The average molecular weight is 329 g/mol. The SMILES string of the molecule is COC(c1ccc(F)cc1)c1cnc2occ(C(=O)O)c(=O)c2c1. The summed E-state index contributed by atoms with van der Waals surface area (Å²) in [6.07, 6.45) is 1.74. The van der Waals surface area contributed by atoms with E-state index < -0.39 is 23.1 Å². The second-order valence-electron chi connectivity index (χ2n) is 5.07. The van der Waals surface area contributed by atoms with Crippen molar-refractivity contribution in [3.05, 3.63) is 75.5 Å². The molecule has 0 radical (unpaired) electrons. The highest BCUT2D eigenvalue weighted by Gasteiger charge is 2.18. The highest BCUT2D eigenvalue weighted by molar-refractivity contribution is 5.90. The van der Waals surface area contributed by atoms with Gasteiger partial charge in [0.05, 0.1) is 5.39 Å². The number of methoxy groups -OCH3 is 1. The molecule has 0 bridgehead atoms. The predicted molar refractivity (Wildman–Crippen MR) is 82.5 cm³/mol. The van der Waals surface area contributed by atoms with Gasteiger partial charge < -0.3 is 14.3 Å².